The van der Waals surface area contributed by atoms with E-state index in [-0.39, 0.29) is 43.7 Å². The van der Waals surface area contributed by atoms with Crippen molar-refractivity contribution < 1.29 is 35.9 Å². The maximum atomic E-state index is 13.8. The average molecular weight is 477 g/mol. The van der Waals surface area contributed by atoms with Crippen molar-refractivity contribution in [2.45, 2.75) is 38.1 Å². The predicted molar refractivity (Wildman–Crippen MR) is 103 cm³/mol. The summed E-state index contributed by atoms with van der Waals surface area (Å²) < 4.78 is 81.3. The van der Waals surface area contributed by atoms with Crippen molar-refractivity contribution in [2.24, 2.45) is 5.73 Å². The van der Waals surface area contributed by atoms with Crippen LogP contribution in [0.3, 0.4) is 0 Å². The number of fused-ring (bicyclic) bond motifs is 1. The molecular weight excluding hydrogens is 456 g/mol. The van der Waals surface area contributed by atoms with E-state index in [1.54, 1.807) is 0 Å². The number of nitrogens with zero attached hydrogens (tertiary/aromatic N) is 4. The van der Waals surface area contributed by atoms with Crippen LogP contribution in [0, 0.1) is 17.5 Å². The van der Waals surface area contributed by atoms with Gasteiger partial charge < -0.3 is 20.1 Å². The van der Waals surface area contributed by atoms with Crippen molar-refractivity contribution in [3.05, 3.63) is 52.4 Å². The smallest absolute Gasteiger partial charge is 0.343 e. The van der Waals surface area contributed by atoms with E-state index in [2.05, 4.69) is 4.98 Å². The second-order valence-corrected chi connectivity index (χ2v) is 7.92. The Hall–Kier alpha value is -3.09. The number of carbonyl (C=O) groups is 2. The van der Waals surface area contributed by atoms with Crippen molar-refractivity contribution in [1.29, 1.82) is 0 Å². The molecule has 0 saturated carbocycles. The maximum Gasteiger partial charge on any atom is 0.449 e. The fourth-order valence-electron chi connectivity index (χ4n) is 3.61. The third-order valence-electron chi connectivity index (χ3n) is 5.23. The fourth-order valence-corrected chi connectivity index (χ4v) is 3.61. The molecule has 2 heterocycles. The van der Waals surface area contributed by atoms with Crippen LogP contribution in [0.5, 0.6) is 0 Å². The lowest BCUT2D eigenvalue weighted by Crippen LogP contribution is -2.42. The minimum absolute atomic E-state index is 0.0548. The highest BCUT2D eigenvalue weighted by Gasteiger charge is 2.42. The van der Waals surface area contributed by atoms with Crippen LogP contribution in [0.15, 0.2) is 12.1 Å². The zero-order chi connectivity index (χ0) is 24.7. The molecule has 2 amide bonds. The molecule has 180 valence electrons. The number of imidazole rings is 1. The molecule has 1 aromatic carbocycles. The van der Waals surface area contributed by atoms with E-state index in [1.807, 2.05) is 0 Å². The van der Waals surface area contributed by atoms with E-state index >= 15 is 0 Å². The van der Waals surface area contributed by atoms with Crippen LogP contribution in [0.2, 0.25) is 0 Å². The van der Waals surface area contributed by atoms with E-state index in [4.69, 9.17) is 5.73 Å². The number of alkyl halides is 3. The molecular formula is C20H21F6N5O2. The largest absolute Gasteiger partial charge is 0.449 e. The molecule has 1 atom stereocenters. The molecule has 1 aliphatic heterocycles. The number of nitrogens with two attached hydrogens (primary N) is 1. The van der Waals surface area contributed by atoms with Gasteiger partial charge in [0.1, 0.15) is 5.82 Å². The molecule has 0 bridgehead atoms. The Kier molecular flexibility index (Phi) is 6.73. The van der Waals surface area contributed by atoms with Gasteiger partial charge >= 0.3 is 6.18 Å². The zero-order valence-corrected chi connectivity index (χ0v) is 17.7. The first kappa shape index (κ1) is 24.6. The van der Waals surface area contributed by atoms with E-state index in [0.29, 0.717) is 12.1 Å². The Bertz CT molecular complexity index is 1080. The Labute approximate surface area is 184 Å². The normalized spacial score (nSPS) is 14.8. The summed E-state index contributed by atoms with van der Waals surface area (Å²) in [7, 11) is 2.73. The number of hydrogen-bond donors (Lipinski definition) is 1. The van der Waals surface area contributed by atoms with Crippen LogP contribution in [0.1, 0.15) is 34.0 Å². The van der Waals surface area contributed by atoms with Gasteiger partial charge in [-0.05, 0) is 18.1 Å². The summed E-state index contributed by atoms with van der Waals surface area (Å²) in [6, 6.07) is 0.0796. The topological polar surface area (TPSA) is 84.5 Å². The summed E-state index contributed by atoms with van der Waals surface area (Å²) in [4.78, 5) is 30.9. The van der Waals surface area contributed by atoms with Crippen molar-refractivity contribution in [2.75, 3.05) is 20.6 Å². The number of hydrogen-bond acceptors (Lipinski definition) is 4. The van der Waals surface area contributed by atoms with Crippen molar-refractivity contribution in [3.63, 3.8) is 0 Å². The summed E-state index contributed by atoms with van der Waals surface area (Å²) in [5.74, 6) is -6.13. The Morgan fingerprint density at radius 2 is 1.76 bits per heavy atom. The quantitative estimate of drug-likeness (QED) is 0.529. The highest BCUT2D eigenvalue weighted by atomic mass is 19.4. The predicted octanol–water partition coefficient (Wildman–Crippen LogP) is 2.32. The first-order valence-corrected chi connectivity index (χ1v) is 9.84. The van der Waals surface area contributed by atoms with Gasteiger partial charge in [0.15, 0.2) is 17.3 Å². The van der Waals surface area contributed by atoms with Crippen LogP contribution in [-0.2, 0) is 30.5 Å². The molecule has 0 saturated heterocycles. The second-order valence-electron chi connectivity index (χ2n) is 7.92. The molecule has 13 heteroatoms. The monoisotopic (exact) mass is 477 g/mol. The number of benzene rings is 1. The average Bonchev–Trinajstić information content (AvgIpc) is 3.10. The van der Waals surface area contributed by atoms with E-state index in [9.17, 15) is 35.9 Å². The number of amides is 2. The number of rotatable bonds is 5. The first-order chi connectivity index (χ1) is 15.3. The van der Waals surface area contributed by atoms with Crippen LogP contribution in [-0.4, -0.2) is 57.8 Å². The van der Waals surface area contributed by atoms with Crippen LogP contribution >= 0.6 is 0 Å². The third kappa shape index (κ3) is 5.13. The molecule has 0 fully saturated rings. The van der Waals surface area contributed by atoms with Gasteiger partial charge in [0, 0.05) is 45.7 Å². The number of halogens is 6. The van der Waals surface area contributed by atoms with Gasteiger partial charge in [0.05, 0.1) is 12.2 Å². The third-order valence-corrected chi connectivity index (χ3v) is 5.23. The van der Waals surface area contributed by atoms with E-state index in [1.165, 1.54) is 19.0 Å². The van der Waals surface area contributed by atoms with Gasteiger partial charge in [-0.15, -0.1) is 0 Å². The molecule has 2 aromatic rings. The minimum Gasteiger partial charge on any atom is -0.343 e. The first-order valence-electron chi connectivity index (χ1n) is 9.84. The van der Waals surface area contributed by atoms with Gasteiger partial charge in [-0.2, -0.15) is 13.2 Å². The van der Waals surface area contributed by atoms with Crippen molar-refractivity contribution >= 4 is 11.8 Å². The van der Waals surface area contributed by atoms with E-state index in [0.717, 1.165) is 9.47 Å². The summed E-state index contributed by atoms with van der Waals surface area (Å²) in [6.07, 6.45) is -5.37. The fraction of sp³-hybridized carbons (Fsp3) is 0.450. The van der Waals surface area contributed by atoms with Crippen molar-refractivity contribution in [3.8, 4) is 0 Å². The Morgan fingerprint density at radius 1 is 1.12 bits per heavy atom. The van der Waals surface area contributed by atoms with Crippen LogP contribution in [0.4, 0.5) is 26.3 Å². The Balaban J connectivity index is 1.77. The Morgan fingerprint density at radius 3 is 2.36 bits per heavy atom. The van der Waals surface area contributed by atoms with Gasteiger partial charge in [-0.1, -0.05) is 0 Å². The minimum atomic E-state index is -4.79. The lowest BCUT2D eigenvalue weighted by atomic mass is 10.0. The molecule has 3 rings (SSSR count). The number of carbonyl (C=O) groups excluding carboxylic acids is 2. The molecule has 0 radical (unpaired) electrons. The SMILES string of the molecule is CN(C)C(=O)c1nc(C(F)(F)F)n2c1CN(C(=O)CC(N)Cc1cc(F)c(F)cc1F)CC2. The molecule has 0 spiro atoms. The van der Waals surface area contributed by atoms with E-state index < -0.39 is 53.0 Å². The summed E-state index contributed by atoms with van der Waals surface area (Å²) in [5.41, 5.74) is 5.22. The summed E-state index contributed by atoms with van der Waals surface area (Å²) in [6.45, 7) is -0.632. The van der Waals surface area contributed by atoms with Gasteiger partial charge in [0.2, 0.25) is 11.7 Å². The molecule has 1 unspecified atom stereocenters. The van der Waals surface area contributed by atoms with Gasteiger partial charge in [-0.25, -0.2) is 18.2 Å². The van der Waals surface area contributed by atoms with Crippen LogP contribution < -0.4 is 5.73 Å². The second kappa shape index (κ2) is 9.04. The zero-order valence-electron chi connectivity index (χ0n) is 17.7. The molecule has 33 heavy (non-hydrogen) atoms. The molecule has 1 aliphatic rings. The highest BCUT2D eigenvalue weighted by Crippen LogP contribution is 2.32. The molecule has 7 nitrogen and oxygen atoms in total. The van der Waals surface area contributed by atoms with Gasteiger partial charge in [0.25, 0.3) is 5.91 Å². The maximum absolute atomic E-state index is 13.8. The summed E-state index contributed by atoms with van der Waals surface area (Å²) in [5, 5.41) is 0. The van der Waals surface area contributed by atoms with Gasteiger partial charge in [-0.3, -0.25) is 9.59 Å². The molecule has 2 N–H and O–H groups in total. The number of aromatic nitrogens is 2. The van der Waals surface area contributed by atoms with Crippen molar-refractivity contribution in [1.82, 2.24) is 19.4 Å². The molecule has 0 aliphatic carbocycles. The lowest BCUT2D eigenvalue weighted by Gasteiger charge is -2.30. The van der Waals surface area contributed by atoms with Crippen LogP contribution in [0.25, 0.3) is 0 Å². The lowest BCUT2D eigenvalue weighted by molar-refractivity contribution is -0.148. The summed E-state index contributed by atoms with van der Waals surface area (Å²) >= 11 is 0. The standard InChI is InChI=1S/C20H21F6N5O2/c1-29(2)18(33)17-15-9-30(3-4-31(15)19(28-17)20(24,25)26)16(32)7-11(27)5-10-6-13(22)14(23)8-12(10)21/h6,8,11H,3-5,7,9,27H2,1-2H3. The highest BCUT2D eigenvalue weighted by molar-refractivity contribution is 5.93. The molecule has 1 aromatic heterocycles.